The van der Waals surface area contributed by atoms with Crippen LogP contribution in [-0.4, -0.2) is 5.91 Å². The molecule has 0 unspecified atom stereocenters. The fourth-order valence-electron chi connectivity index (χ4n) is 1.44. The summed E-state index contributed by atoms with van der Waals surface area (Å²) < 4.78 is 0. The molecule has 1 aliphatic rings. The SMILES string of the molecule is Cc1ccc(NC(=O)C2(C#N)CC2)cc1Cl. The molecule has 0 atom stereocenters. The standard InChI is InChI=1S/C12H11ClN2O/c1-8-2-3-9(6-10(8)13)15-11(16)12(7-14)4-5-12/h2-3,6H,4-5H2,1H3,(H,15,16). The minimum Gasteiger partial charge on any atom is -0.325 e. The third-order valence-corrected chi connectivity index (χ3v) is 3.24. The monoisotopic (exact) mass is 234 g/mol. The Bertz CT molecular complexity index is 486. The Hall–Kier alpha value is -1.53. The molecule has 0 aromatic heterocycles. The first-order valence-electron chi connectivity index (χ1n) is 5.06. The van der Waals surface area contributed by atoms with E-state index in [-0.39, 0.29) is 5.91 Å². The normalized spacial score (nSPS) is 16.3. The van der Waals surface area contributed by atoms with E-state index in [1.54, 1.807) is 12.1 Å². The van der Waals surface area contributed by atoms with Crippen LogP contribution < -0.4 is 5.32 Å². The maximum absolute atomic E-state index is 11.7. The molecule has 0 spiro atoms. The van der Waals surface area contributed by atoms with Gasteiger partial charge in [-0.15, -0.1) is 0 Å². The van der Waals surface area contributed by atoms with Crippen molar-refractivity contribution in [1.29, 1.82) is 5.26 Å². The third-order valence-electron chi connectivity index (χ3n) is 2.83. The lowest BCUT2D eigenvalue weighted by Crippen LogP contribution is -2.22. The van der Waals surface area contributed by atoms with Crippen molar-refractivity contribution in [3.05, 3.63) is 28.8 Å². The Kier molecular flexibility index (Phi) is 2.61. The lowest BCUT2D eigenvalue weighted by Gasteiger charge is -2.09. The first-order chi connectivity index (χ1) is 7.57. The minimum absolute atomic E-state index is 0.227. The topological polar surface area (TPSA) is 52.9 Å². The van der Waals surface area contributed by atoms with Crippen molar-refractivity contribution in [1.82, 2.24) is 0 Å². The number of hydrogen-bond acceptors (Lipinski definition) is 2. The van der Waals surface area contributed by atoms with Crippen LogP contribution in [0.4, 0.5) is 5.69 Å². The zero-order chi connectivity index (χ0) is 11.8. The molecule has 3 nitrogen and oxygen atoms in total. The molecule has 0 saturated heterocycles. The molecule has 16 heavy (non-hydrogen) atoms. The second-order valence-electron chi connectivity index (χ2n) is 4.11. The number of rotatable bonds is 2. The van der Waals surface area contributed by atoms with Crippen LogP contribution in [0.15, 0.2) is 18.2 Å². The highest BCUT2D eigenvalue weighted by molar-refractivity contribution is 6.31. The van der Waals surface area contributed by atoms with E-state index in [0.29, 0.717) is 23.6 Å². The molecule has 0 heterocycles. The number of carbonyl (C=O) groups is 1. The molecule has 1 aromatic carbocycles. The van der Waals surface area contributed by atoms with Crippen LogP contribution in [0, 0.1) is 23.7 Å². The van der Waals surface area contributed by atoms with Crippen molar-refractivity contribution >= 4 is 23.2 Å². The highest BCUT2D eigenvalue weighted by Gasteiger charge is 2.50. The zero-order valence-electron chi connectivity index (χ0n) is 8.88. The molecular formula is C12H11ClN2O. The van der Waals surface area contributed by atoms with Gasteiger partial charge in [0.15, 0.2) is 0 Å². The van der Waals surface area contributed by atoms with Crippen molar-refractivity contribution < 1.29 is 4.79 Å². The molecule has 1 N–H and O–H groups in total. The molecule has 1 fully saturated rings. The Morgan fingerprint density at radius 2 is 2.25 bits per heavy atom. The van der Waals surface area contributed by atoms with Crippen molar-refractivity contribution in [2.24, 2.45) is 5.41 Å². The molecule has 1 aliphatic carbocycles. The summed E-state index contributed by atoms with van der Waals surface area (Å²) in [5.41, 5.74) is 0.806. The molecule has 82 valence electrons. The van der Waals surface area contributed by atoms with Crippen LogP contribution in [0.3, 0.4) is 0 Å². The minimum atomic E-state index is -0.794. The molecule has 4 heteroatoms. The summed E-state index contributed by atoms with van der Waals surface area (Å²) in [5.74, 6) is -0.227. The number of benzene rings is 1. The van der Waals surface area contributed by atoms with Gasteiger partial charge in [-0.05, 0) is 37.5 Å². The van der Waals surface area contributed by atoms with Crippen molar-refractivity contribution in [2.45, 2.75) is 19.8 Å². The van der Waals surface area contributed by atoms with Gasteiger partial charge >= 0.3 is 0 Å². The van der Waals surface area contributed by atoms with E-state index in [1.807, 2.05) is 13.0 Å². The van der Waals surface area contributed by atoms with Gasteiger partial charge in [0.05, 0.1) is 6.07 Å². The van der Waals surface area contributed by atoms with E-state index in [0.717, 1.165) is 5.56 Å². The van der Waals surface area contributed by atoms with Gasteiger partial charge in [0.25, 0.3) is 0 Å². The number of hydrogen-bond donors (Lipinski definition) is 1. The van der Waals surface area contributed by atoms with E-state index < -0.39 is 5.41 Å². The van der Waals surface area contributed by atoms with Gasteiger partial charge in [-0.1, -0.05) is 17.7 Å². The van der Waals surface area contributed by atoms with E-state index in [4.69, 9.17) is 16.9 Å². The van der Waals surface area contributed by atoms with Gasteiger partial charge in [0.1, 0.15) is 5.41 Å². The zero-order valence-corrected chi connectivity index (χ0v) is 9.64. The maximum atomic E-state index is 11.7. The molecule has 1 amide bonds. The summed E-state index contributed by atoms with van der Waals surface area (Å²) >= 11 is 5.94. The first-order valence-corrected chi connectivity index (χ1v) is 5.44. The Labute approximate surface area is 99.0 Å². The van der Waals surface area contributed by atoms with Crippen LogP contribution >= 0.6 is 11.6 Å². The number of amides is 1. The van der Waals surface area contributed by atoms with E-state index >= 15 is 0 Å². The largest absolute Gasteiger partial charge is 0.325 e. The molecule has 0 aliphatic heterocycles. The first kappa shape index (κ1) is 11.0. The lowest BCUT2D eigenvalue weighted by molar-refractivity contribution is -0.119. The fraction of sp³-hybridized carbons (Fsp3) is 0.333. The van der Waals surface area contributed by atoms with Crippen LogP contribution in [0.2, 0.25) is 5.02 Å². The number of carbonyl (C=O) groups excluding carboxylic acids is 1. The number of anilines is 1. The van der Waals surface area contributed by atoms with Crippen molar-refractivity contribution in [2.75, 3.05) is 5.32 Å². The molecular weight excluding hydrogens is 224 g/mol. The molecule has 1 aromatic rings. The number of nitrogens with zero attached hydrogens (tertiary/aromatic N) is 1. The Balaban J connectivity index is 2.13. The average molecular weight is 235 g/mol. The quantitative estimate of drug-likeness (QED) is 0.856. The predicted molar refractivity (Wildman–Crippen MR) is 62.1 cm³/mol. The molecule has 0 radical (unpaired) electrons. The summed E-state index contributed by atoms with van der Waals surface area (Å²) in [7, 11) is 0. The van der Waals surface area contributed by atoms with Gasteiger partial charge in [-0.2, -0.15) is 5.26 Å². The van der Waals surface area contributed by atoms with Crippen molar-refractivity contribution in [3.8, 4) is 6.07 Å². The van der Waals surface area contributed by atoms with Crippen LogP contribution in [0.5, 0.6) is 0 Å². The predicted octanol–water partition coefficient (Wildman–Crippen LogP) is 2.89. The number of nitrogens with one attached hydrogen (secondary N) is 1. The highest BCUT2D eigenvalue weighted by Crippen LogP contribution is 2.45. The summed E-state index contributed by atoms with van der Waals surface area (Å²) in [6.45, 7) is 1.89. The summed E-state index contributed by atoms with van der Waals surface area (Å²) in [5, 5.41) is 12.2. The second-order valence-corrected chi connectivity index (χ2v) is 4.52. The highest BCUT2D eigenvalue weighted by atomic mass is 35.5. The maximum Gasteiger partial charge on any atom is 0.244 e. The van der Waals surface area contributed by atoms with Crippen LogP contribution in [-0.2, 0) is 4.79 Å². The van der Waals surface area contributed by atoms with E-state index in [9.17, 15) is 4.79 Å². The van der Waals surface area contributed by atoms with Gasteiger partial charge in [-0.25, -0.2) is 0 Å². The summed E-state index contributed by atoms with van der Waals surface area (Å²) in [6, 6.07) is 7.37. The Morgan fingerprint density at radius 1 is 1.56 bits per heavy atom. The second kappa shape index (κ2) is 3.80. The summed E-state index contributed by atoms with van der Waals surface area (Å²) in [6.07, 6.45) is 1.30. The number of aryl methyl sites for hydroxylation is 1. The van der Waals surface area contributed by atoms with Gasteiger partial charge in [0.2, 0.25) is 5.91 Å². The Morgan fingerprint density at radius 3 is 2.75 bits per heavy atom. The van der Waals surface area contributed by atoms with Crippen molar-refractivity contribution in [3.63, 3.8) is 0 Å². The molecule has 0 bridgehead atoms. The van der Waals surface area contributed by atoms with Gasteiger partial charge < -0.3 is 5.32 Å². The fourth-order valence-corrected chi connectivity index (χ4v) is 1.62. The average Bonchev–Trinajstić information content (AvgIpc) is 3.04. The van der Waals surface area contributed by atoms with Crippen LogP contribution in [0.1, 0.15) is 18.4 Å². The number of halogens is 1. The smallest absolute Gasteiger partial charge is 0.244 e. The summed E-state index contributed by atoms with van der Waals surface area (Å²) in [4.78, 5) is 11.7. The third kappa shape index (κ3) is 1.89. The van der Waals surface area contributed by atoms with Crippen LogP contribution in [0.25, 0.3) is 0 Å². The molecule has 2 rings (SSSR count). The van der Waals surface area contributed by atoms with Gasteiger partial charge in [0, 0.05) is 10.7 Å². The van der Waals surface area contributed by atoms with E-state index in [1.165, 1.54) is 0 Å². The number of nitriles is 1. The molecule has 1 saturated carbocycles. The van der Waals surface area contributed by atoms with E-state index in [2.05, 4.69) is 11.4 Å². The van der Waals surface area contributed by atoms with Gasteiger partial charge in [-0.3, -0.25) is 4.79 Å². The lowest BCUT2D eigenvalue weighted by atomic mass is 10.1.